The van der Waals surface area contributed by atoms with Crippen LogP contribution in [0.4, 0.5) is 0 Å². The molecule has 1 nitrogen and oxygen atoms in total. The predicted molar refractivity (Wildman–Crippen MR) is 63.4 cm³/mol. The monoisotopic (exact) mass is 204 g/mol. The second-order valence-electron chi connectivity index (χ2n) is 5.59. The van der Waals surface area contributed by atoms with Gasteiger partial charge in [0.2, 0.25) is 0 Å². The highest BCUT2D eigenvalue weighted by Crippen LogP contribution is 2.34. The number of phenols is 1. The fraction of sp³-hybridized carbons (Fsp3) is 0.571. The van der Waals surface area contributed by atoms with Crippen LogP contribution in [-0.2, 0) is 18.3 Å². The number of hydrogen-bond acceptors (Lipinski definition) is 1. The first-order valence-electron chi connectivity index (χ1n) is 5.84. The van der Waals surface area contributed by atoms with Crippen LogP contribution < -0.4 is 0 Å². The molecule has 0 unspecified atom stereocenters. The molecule has 1 N–H and O–H groups in total. The van der Waals surface area contributed by atoms with Crippen LogP contribution in [-0.4, -0.2) is 5.11 Å². The molecule has 0 heterocycles. The van der Waals surface area contributed by atoms with Crippen LogP contribution in [0.2, 0.25) is 0 Å². The Hall–Kier alpha value is -0.980. The van der Waals surface area contributed by atoms with Gasteiger partial charge in [0.25, 0.3) is 0 Å². The summed E-state index contributed by atoms with van der Waals surface area (Å²) in [5.41, 5.74) is 3.94. The molecule has 0 aromatic heterocycles. The molecule has 0 fully saturated rings. The third-order valence-corrected chi connectivity index (χ3v) is 3.31. The average Bonchev–Trinajstić information content (AvgIpc) is 2.16. The van der Waals surface area contributed by atoms with Gasteiger partial charge in [0.15, 0.2) is 0 Å². The SMILES string of the molecule is CC(C)(C)c1cc(O)c2c(c1)CCCC2. The number of hydrogen-bond donors (Lipinski definition) is 1. The molecule has 0 saturated carbocycles. The molecule has 0 aliphatic heterocycles. The maximum absolute atomic E-state index is 10.0. The van der Waals surface area contributed by atoms with Gasteiger partial charge in [-0.3, -0.25) is 0 Å². The summed E-state index contributed by atoms with van der Waals surface area (Å²) in [6, 6.07) is 4.23. The van der Waals surface area contributed by atoms with Gasteiger partial charge in [0.1, 0.15) is 5.75 Å². The van der Waals surface area contributed by atoms with E-state index >= 15 is 0 Å². The molecule has 0 atom stereocenters. The minimum Gasteiger partial charge on any atom is -0.508 e. The minimum absolute atomic E-state index is 0.129. The van der Waals surface area contributed by atoms with Gasteiger partial charge in [-0.1, -0.05) is 26.8 Å². The van der Waals surface area contributed by atoms with E-state index in [0.717, 1.165) is 12.8 Å². The fourth-order valence-corrected chi connectivity index (χ4v) is 2.28. The first-order valence-corrected chi connectivity index (χ1v) is 5.84. The van der Waals surface area contributed by atoms with Crippen molar-refractivity contribution in [2.45, 2.75) is 51.9 Å². The summed E-state index contributed by atoms with van der Waals surface area (Å²) in [6.45, 7) is 6.57. The number of benzene rings is 1. The number of aryl methyl sites for hydroxylation is 1. The zero-order chi connectivity index (χ0) is 11.1. The lowest BCUT2D eigenvalue weighted by molar-refractivity contribution is 0.457. The lowest BCUT2D eigenvalue weighted by Gasteiger charge is -2.24. The number of aromatic hydroxyl groups is 1. The van der Waals surface area contributed by atoms with Crippen LogP contribution in [0, 0.1) is 0 Å². The third kappa shape index (κ3) is 2.01. The Balaban J connectivity index is 2.50. The second-order valence-corrected chi connectivity index (χ2v) is 5.59. The summed E-state index contributed by atoms with van der Waals surface area (Å²) in [4.78, 5) is 0. The Morgan fingerprint density at radius 2 is 1.73 bits per heavy atom. The molecule has 0 radical (unpaired) electrons. The maximum atomic E-state index is 10.0. The van der Waals surface area contributed by atoms with Crippen LogP contribution in [0.25, 0.3) is 0 Å². The molecule has 15 heavy (non-hydrogen) atoms. The number of rotatable bonds is 0. The molecule has 0 amide bonds. The highest BCUT2D eigenvalue weighted by molar-refractivity contribution is 5.46. The van der Waals surface area contributed by atoms with Gasteiger partial charge in [-0.15, -0.1) is 0 Å². The highest BCUT2D eigenvalue weighted by atomic mass is 16.3. The topological polar surface area (TPSA) is 20.2 Å². The van der Waals surface area contributed by atoms with Crippen molar-refractivity contribution in [2.24, 2.45) is 0 Å². The molecule has 1 aromatic carbocycles. The van der Waals surface area contributed by atoms with E-state index < -0.39 is 0 Å². The second kappa shape index (κ2) is 3.55. The number of phenolic OH excluding ortho intramolecular Hbond substituents is 1. The summed E-state index contributed by atoms with van der Waals surface area (Å²) >= 11 is 0. The average molecular weight is 204 g/mol. The molecule has 2 rings (SSSR count). The largest absolute Gasteiger partial charge is 0.508 e. The Morgan fingerprint density at radius 1 is 1.07 bits per heavy atom. The first kappa shape index (κ1) is 10.5. The summed E-state index contributed by atoms with van der Waals surface area (Å²) in [5, 5.41) is 10.0. The van der Waals surface area contributed by atoms with Gasteiger partial charge in [-0.2, -0.15) is 0 Å². The van der Waals surface area contributed by atoms with E-state index in [9.17, 15) is 5.11 Å². The van der Waals surface area contributed by atoms with E-state index in [4.69, 9.17) is 0 Å². The van der Waals surface area contributed by atoms with Gasteiger partial charge < -0.3 is 5.11 Å². The Morgan fingerprint density at radius 3 is 2.40 bits per heavy atom. The normalized spacial score (nSPS) is 16.2. The van der Waals surface area contributed by atoms with Crippen LogP contribution >= 0.6 is 0 Å². The standard InChI is InChI=1S/C14H20O/c1-14(2,3)11-8-10-6-4-5-7-12(10)13(15)9-11/h8-9,15H,4-7H2,1-3H3. The van der Waals surface area contributed by atoms with Crippen molar-refractivity contribution in [1.82, 2.24) is 0 Å². The Kier molecular flexibility index (Phi) is 2.49. The Bertz CT molecular complexity index is 372. The van der Waals surface area contributed by atoms with E-state index in [1.54, 1.807) is 0 Å². The zero-order valence-electron chi connectivity index (χ0n) is 9.93. The molecular weight excluding hydrogens is 184 g/mol. The molecule has 1 aliphatic rings. The van der Waals surface area contributed by atoms with Crippen molar-refractivity contribution in [1.29, 1.82) is 0 Å². The van der Waals surface area contributed by atoms with Crippen molar-refractivity contribution in [3.05, 3.63) is 28.8 Å². The summed E-state index contributed by atoms with van der Waals surface area (Å²) in [5.74, 6) is 0.511. The van der Waals surface area contributed by atoms with E-state index in [2.05, 4.69) is 26.8 Å². The van der Waals surface area contributed by atoms with Gasteiger partial charge in [-0.05, 0) is 53.9 Å². The molecule has 0 bridgehead atoms. The van der Waals surface area contributed by atoms with Gasteiger partial charge in [-0.25, -0.2) is 0 Å². The maximum Gasteiger partial charge on any atom is 0.119 e. The van der Waals surface area contributed by atoms with Crippen molar-refractivity contribution in [3.8, 4) is 5.75 Å². The predicted octanol–water partition coefficient (Wildman–Crippen LogP) is 3.57. The van der Waals surface area contributed by atoms with E-state index in [0.29, 0.717) is 5.75 Å². The van der Waals surface area contributed by atoms with Crippen molar-refractivity contribution >= 4 is 0 Å². The highest BCUT2D eigenvalue weighted by Gasteiger charge is 2.20. The summed E-state index contributed by atoms with van der Waals surface area (Å²) in [6.07, 6.45) is 4.66. The van der Waals surface area contributed by atoms with E-state index in [-0.39, 0.29) is 5.41 Å². The van der Waals surface area contributed by atoms with Crippen LogP contribution in [0.1, 0.15) is 50.3 Å². The lowest BCUT2D eigenvalue weighted by Crippen LogP contribution is -2.13. The summed E-state index contributed by atoms with van der Waals surface area (Å²) in [7, 11) is 0. The molecular formula is C14H20O. The molecule has 82 valence electrons. The van der Waals surface area contributed by atoms with Gasteiger partial charge in [0, 0.05) is 0 Å². The smallest absolute Gasteiger partial charge is 0.119 e. The van der Waals surface area contributed by atoms with Crippen LogP contribution in [0.5, 0.6) is 5.75 Å². The van der Waals surface area contributed by atoms with E-state index in [1.165, 1.54) is 29.5 Å². The zero-order valence-corrected chi connectivity index (χ0v) is 9.93. The quantitative estimate of drug-likeness (QED) is 0.685. The van der Waals surface area contributed by atoms with E-state index in [1.807, 2.05) is 6.07 Å². The van der Waals surface area contributed by atoms with Crippen molar-refractivity contribution in [3.63, 3.8) is 0 Å². The van der Waals surface area contributed by atoms with Gasteiger partial charge >= 0.3 is 0 Å². The third-order valence-electron chi connectivity index (χ3n) is 3.31. The van der Waals surface area contributed by atoms with Crippen molar-refractivity contribution in [2.75, 3.05) is 0 Å². The lowest BCUT2D eigenvalue weighted by atomic mass is 9.82. The summed E-state index contributed by atoms with van der Waals surface area (Å²) < 4.78 is 0. The van der Waals surface area contributed by atoms with Gasteiger partial charge in [0.05, 0.1) is 0 Å². The van der Waals surface area contributed by atoms with Crippen molar-refractivity contribution < 1.29 is 5.11 Å². The molecule has 1 heteroatoms. The fourth-order valence-electron chi connectivity index (χ4n) is 2.28. The number of fused-ring (bicyclic) bond motifs is 1. The minimum atomic E-state index is 0.129. The first-order chi connectivity index (χ1) is 6.98. The molecule has 1 aromatic rings. The molecule has 1 aliphatic carbocycles. The van der Waals surface area contributed by atoms with Crippen LogP contribution in [0.15, 0.2) is 12.1 Å². The molecule has 0 saturated heterocycles. The Labute approximate surface area is 92.1 Å². The molecule has 0 spiro atoms. The van der Waals surface area contributed by atoms with Crippen LogP contribution in [0.3, 0.4) is 0 Å².